The Morgan fingerprint density at radius 1 is 1.15 bits per heavy atom. The van der Waals surface area contributed by atoms with E-state index >= 15 is 0 Å². The van der Waals surface area contributed by atoms with E-state index in [0.29, 0.717) is 31.7 Å². The molecule has 0 bridgehead atoms. The number of carbonyl (C=O) groups is 2. The Morgan fingerprint density at radius 3 is 2.48 bits per heavy atom. The molecule has 2 amide bonds. The maximum absolute atomic E-state index is 13.7. The van der Waals surface area contributed by atoms with Gasteiger partial charge >= 0.3 is 0 Å². The first kappa shape index (κ1) is 18.7. The maximum atomic E-state index is 13.7. The van der Waals surface area contributed by atoms with Crippen molar-refractivity contribution in [2.45, 2.75) is 18.9 Å². The van der Waals surface area contributed by atoms with Crippen molar-refractivity contribution in [1.29, 1.82) is 0 Å². The van der Waals surface area contributed by atoms with Crippen LogP contribution >= 0.6 is 0 Å². The van der Waals surface area contributed by atoms with Crippen LogP contribution in [0.25, 0.3) is 0 Å². The zero-order valence-corrected chi connectivity index (χ0v) is 14.9. The molecule has 2 N–H and O–H groups in total. The smallest absolute Gasteiger partial charge is 0.257 e. The van der Waals surface area contributed by atoms with Crippen molar-refractivity contribution in [3.05, 3.63) is 59.4 Å². The molecule has 1 heterocycles. The molecule has 0 atom stereocenters. The van der Waals surface area contributed by atoms with Crippen LogP contribution in [0.15, 0.2) is 42.5 Å². The van der Waals surface area contributed by atoms with Gasteiger partial charge in [-0.3, -0.25) is 9.59 Å². The second kappa shape index (κ2) is 8.07. The SMILES string of the molecule is COc1ccc(C(=O)N2CCC(NC(=O)c3ccccc3F)CC2)c(O)c1. The van der Waals surface area contributed by atoms with Crippen molar-refractivity contribution in [1.82, 2.24) is 10.2 Å². The number of amides is 2. The van der Waals surface area contributed by atoms with Crippen LogP contribution in [0.1, 0.15) is 33.6 Å². The first-order valence-corrected chi connectivity index (χ1v) is 8.71. The molecule has 27 heavy (non-hydrogen) atoms. The van der Waals surface area contributed by atoms with E-state index in [9.17, 15) is 19.1 Å². The van der Waals surface area contributed by atoms with Crippen LogP contribution in [-0.2, 0) is 0 Å². The third-order valence-electron chi connectivity index (χ3n) is 4.67. The molecule has 0 spiro atoms. The Balaban J connectivity index is 1.58. The molecule has 0 aromatic heterocycles. The zero-order chi connectivity index (χ0) is 19.4. The first-order chi connectivity index (χ1) is 13.0. The quantitative estimate of drug-likeness (QED) is 0.865. The van der Waals surface area contributed by atoms with E-state index < -0.39 is 11.7 Å². The highest BCUT2D eigenvalue weighted by molar-refractivity contribution is 5.97. The molecule has 0 saturated carbocycles. The molecular formula is C20H21FN2O4. The predicted octanol–water partition coefficient (Wildman–Crippen LogP) is 2.57. The van der Waals surface area contributed by atoms with Crippen LogP contribution in [0.2, 0.25) is 0 Å². The van der Waals surface area contributed by atoms with Crippen molar-refractivity contribution in [3.8, 4) is 11.5 Å². The number of aromatic hydroxyl groups is 1. The van der Waals surface area contributed by atoms with Gasteiger partial charge in [0.1, 0.15) is 17.3 Å². The lowest BCUT2D eigenvalue weighted by molar-refractivity contribution is 0.0695. The summed E-state index contributed by atoms with van der Waals surface area (Å²) in [5.74, 6) is -0.940. The van der Waals surface area contributed by atoms with Gasteiger partial charge in [0.2, 0.25) is 0 Å². The maximum Gasteiger partial charge on any atom is 0.257 e. The highest BCUT2D eigenvalue weighted by atomic mass is 19.1. The van der Waals surface area contributed by atoms with Crippen molar-refractivity contribution in [2.24, 2.45) is 0 Å². The van der Waals surface area contributed by atoms with Crippen LogP contribution in [0.5, 0.6) is 11.5 Å². The lowest BCUT2D eigenvalue weighted by Crippen LogP contribution is -2.46. The number of rotatable bonds is 4. The molecule has 1 fully saturated rings. The van der Waals surface area contributed by atoms with Gasteiger partial charge in [-0.2, -0.15) is 0 Å². The largest absolute Gasteiger partial charge is 0.507 e. The van der Waals surface area contributed by atoms with Gasteiger partial charge in [0, 0.05) is 25.2 Å². The molecular weight excluding hydrogens is 351 g/mol. The Hall–Kier alpha value is -3.09. The number of likely N-dealkylation sites (tertiary alicyclic amines) is 1. The van der Waals surface area contributed by atoms with Crippen molar-refractivity contribution in [2.75, 3.05) is 20.2 Å². The standard InChI is InChI=1S/C20H21FN2O4/c1-27-14-6-7-16(18(24)12-14)20(26)23-10-8-13(9-11-23)22-19(25)15-4-2-3-5-17(15)21/h2-7,12-13,24H,8-11H2,1H3,(H,22,25). The molecule has 142 valence electrons. The second-order valence-electron chi connectivity index (χ2n) is 6.40. The van der Waals surface area contributed by atoms with Gasteiger partial charge in [0.15, 0.2) is 0 Å². The number of hydrogen-bond acceptors (Lipinski definition) is 4. The monoisotopic (exact) mass is 372 g/mol. The Bertz CT molecular complexity index is 848. The Kier molecular flexibility index (Phi) is 5.59. The van der Waals surface area contributed by atoms with Crippen LogP contribution in [0, 0.1) is 5.82 Å². The summed E-state index contributed by atoms with van der Waals surface area (Å²) >= 11 is 0. The van der Waals surface area contributed by atoms with Gasteiger partial charge in [-0.1, -0.05) is 12.1 Å². The molecule has 0 radical (unpaired) electrons. The number of phenolic OH excluding ortho intramolecular Hbond substituents is 1. The van der Waals surface area contributed by atoms with Crippen molar-refractivity contribution < 1.29 is 23.8 Å². The number of nitrogens with zero attached hydrogens (tertiary/aromatic N) is 1. The summed E-state index contributed by atoms with van der Waals surface area (Å²) in [4.78, 5) is 26.4. The number of hydrogen-bond donors (Lipinski definition) is 2. The Labute approximate surface area is 156 Å². The summed E-state index contributed by atoms with van der Waals surface area (Å²) in [7, 11) is 1.48. The number of ether oxygens (including phenoxy) is 1. The van der Waals surface area contributed by atoms with E-state index in [-0.39, 0.29) is 28.8 Å². The lowest BCUT2D eigenvalue weighted by atomic mass is 10.0. The molecule has 0 aliphatic carbocycles. The van der Waals surface area contributed by atoms with E-state index in [1.54, 1.807) is 17.0 Å². The van der Waals surface area contributed by atoms with Gasteiger partial charge in [-0.05, 0) is 37.1 Å². The number of nitrogens with one attached hydrogen (secondary N) is 1. The third kappa shape index (κ3) is 4.19. The molecule has 1 saturated heterocycles. The highest BCUT2D eigenvalue weighted by Crippen LogP contribution is 2.25. The topological polar surface area (TPSA) is 78.9 Å². The average molecular weight is 372 g/mol. The summed E-state index contributed by atoms with van der Waals surface area (Å²) < 4.78 is 18.7. The molecule has 0 unspecified atom stereocenters. The first-order valence-electron chi connectivity index (χ1n) is 8.71. The molecule has 2 aromatic rings. The van der Waals surface area contributed by atoms with Gasteiger partial charge in [0.05, 0.1) is 18.2 Å². The lowest BCUT2D eigenvalue weighted by Gasteiger charge is -2.32. The summed E-state index contributed by atoms with van der Waals surface area (Å²) in [5.41, 5.74) is 0.226. The fraction of sp³-hybridized carbons (Fsp3) is 0.300. The number of piperidine rings is 1. The number of carbonyl (C=O) groups excluding carboxylic acids is 2. The fourth-order valence-corrected chi connectivity index (χ4v) is 3.13. The minimum absolute atomic E-state index is 0.0131. The molecule has 2 aromatic carbocycles. The van der Waals surface area contributed by atoms with E-state index in [2.05, 4.69) is 5.32 Å². The van der Waals surface area contributed by atoms with E-state index in [1.807, 2.05) is 0 Å². The van der Waals surface area contributed by atoms with Gasteiger partial charge < -0.3 is 20.1 Å². The van der Waals surface area contributed by atoms with Crippen molar-refractivity contribution >= 4 is 11.8 Å². The summed E-state index contributed by atoms with van der Waals surface area (Å²) in [6, 6.07) is 10.2. The number of halogens is 1. The molecule has 3 rings (SSSR count). The normalized spacial score (nSPS) is 14.7. The third-order valence-corrected chi connectivity index (χ3v) is 4.67. The number of methoxy groups -OCH3 is 1. The summed E-state index contributed by atoms with van der Waals surface area (Å²) in [6.07, 6.45) is 1.12. The molecule has 7 heteroatoms. The second-order valence-corrected chi connectivity index (χ2v) is 6.40. The Morgan fingerprint density at radius 2 is 1.85 bits per heavy atom. The zero-order valence-electron chi connectivity index (χ0n) is 14.9. The van der Waals surface area contributed by atoms with Gasteiger partial charge in [0.25, 0.3) is 11.8 Å². The molecule has 1 aliphatic heterocycles. The molecule has 1 aliphatic rings. The predicted molar refractivity (Wildman–Crippen MR) is 97.5 cm³/mol. The van der Waals surface area contributed by atoms with E-state index in [4.69, 9.17) is 4.74 Å². The average Bonchev–Trinajstić information content (AvgIpc) is 2.68. The minimum atomic E-state index is -0.558. The number of benzene rings is 2. The summed E-state index contributed by atoms with van der Waals surface area (Å²) in [5, 5.41) is 12.8. The van der Waals surface area contributed by atoms with Gasteiger partial charge in [-0.15, -0.1) is 0 Å². The van der Waals surface area contributed by atoms with Gasteiger partial charge in [-0.25, -0.2) is 4.39 Å². The minimum Gasteiger partial charge on any atom is -0.507 e. The van der Waals surface area contributed by atoms with Crippen LogP contribution < -0.4 is 10.1 Å². The molecule has 6 nitrogen and oxygen atoms in total. The summed E-state index contributed by atoms with van der Waals surface area (Å²) in [6.45, 7) is 0.874. The van der Waals surface area contributed by atoms with E-state index in [0.717, 1.165) is 0 Å². The number of phenols is 1. The highest BCUT2D eigenvalue weighted by Gasteiger charge is 2.26. The van der Waals surface area contributed by atoms with Crippen LogP contribution in [-0.4, -0.2) is 48.1 Å². The van der Waals surface area contributed by atoms with Crippen molar-refractivity contribution in [3.63, 3.8) is 0 Å². The van der Waals surface area contributed by atoms with Crippen LogP contribution in [0.3, 0.4) is 0 Å². The van der Waals surface area contributed by atoms with Crippen LogP contribution in [0.4, 0.5) is 4.39 Å². The fourth-order valence-electron chi connectivity index (χ4n) is 3.13. The van der Waals surface area contributed by atoms with E-state index in [1.165, 1.54) is 37.4 Å².